The number of rotatable bonds is 6. The van der Waals surface area contributed by atoms with Gasteiger partial charge < -0.3 is 14.6 Å². The van der Waals surface area contributed by atoms with Gasteiger partial charge in [-0.2, -0.15) is 0 Å². The summed E-state index contributed by atoms with van der Waals surface area (Å²) in [4.78, 5) is 3.54. The van der Waals surface area contributed by atoms with Crippen LogP contribution in [0.15, 0.2) is 77.7 Å². The van der Waals surface area contributed by atoms with E-state index >= 15 is 0 Å². The van der Waals surface area contributed by atoms with Gasteiger partial charge in [-0.1, -0.05) is 48.9 Å². The zero-order valence-electron chi connectivity index (χ0n) is 18.2. The fourth-order valence-corrected chi connectivity index (χ4v) is 5.71. The van der Waals surface area contributed by atoms with Gasteiger partial charge in [0, 0.05) is 12.6 Å². The van der Waals surface area contributed by atoms with E-state index in [1.807, 2.05) is 24.3 Å². The molecule has 5 heteroatoms. The van der Waals surface area contributed by atoms with Crippen molar-refractivity contribution in [3.63, 3.8) is 0 Å². The number of likely N-dealkylation sites (tertiary alicyclic amines) is 1. The predicted octanol–water partition coefficient (Wildman–Crippen LogP) is 6.22. The second-order valence-electron chi connectivity index (χ2n) is 8.44. The summed E-state index contributed by atoms with van der Waals surface area (Å²) < 4.78 is 12.5. The third kappa shape index (κ3) is 4.89. The number of ether oxygens (including phenoxy) is 2. The number of aromatic hydroxyl groups is 1. The molecule has 0 bridgehead atoms. The van der Waals surface area contributed by atoms with E-state index in [0.717, 1.165) is 28.5 Å². The van der Waals surface area contributed by atoms with E-state index in [0.29, 0.717) is 6.61 Å². The predicted molar refractivity (Wildman–Crippen MR) is 129 cm³/mol. The number of fused-ring (bicyclic) bond motifs is 1. The van der Waals surface area contributed by atoms with Gasteiger partial charge >= 0.3 is 0 Å². The van der Waals surface area contributed by atoms with Crippen LogP contribution in [0.3, 0.4) is 0 Å². The Labute approximate surface area is 194 Å². The van der Waals surface area contributed by atoms with Crippen molar-refractivity contribution in [2.45, 2.75) is 35.5 Å². The molecule has 0 amide bonds. The summed E-state index contributed by atoms with van der Waals surface area (Å²) in [5.41, 5.74) is 2.33. The maximum absolute atomic E-state index is 9.93. The maximum atomic E-state index is 9.93. The van der Waals surface area contributed by atoms with E-state index in [2.05, 4.69) is 41.3 Å². The molecule has 0 aromatic heterocycles. The largest absolute Gasteiger partial charge is 0.508 e. The minimum atomic E-state index is -0.154. The van der Waals surface area contributed by atoms with Crippen LogP contribution in [0.4, 0.5) is 0 Å². The van der Waals surface area contributed by atoms with Crippen LogP contribution in [0.2, 0.25) is 0 Å². The molecule has 0 saturated carbocycles. The number of benzene rings is 3. The van der Waals surface area contributed by atoms with E-state index in [-0.39, 0.29) is 17.1 Å². The average Bonchev–Trinajstić information content (AvgIpc) is 2.85. The first kappa shape index (κ1) is 21.2. The van der Waals surface area contributed by atoms with E-state index in [9.17, 15) is 5.11 Å². The van der Waals surface area contributed by atoms with E-state index in [1.54, 1.807) is 23.9 Å². The van der Waals surface area contributed by atoms with Gasteiger partial charge in [0.25, 0.3) is 0 Å². The molecule has 4 nitrogen and oxygen atoms in total. The molecule has 2 atom stereocenters. The minimum absolute atomic E-state index is 0.124. The van der Waals surface area contributed by atoms with Gasteiger partial charge in [-0.15, -0.1) is 11.8 Å². The lowest BCUT2D eigenvalue weighted by Crippen LogP contribution is -2.33. The summed E-state index contributed by atoms with van der Waals surface area (Å²) in [5, 5.41) is 10.1. The first-order valence-electron chi connectivity index (χ1n) is 11.4. The molecular formula is C27H29NO3S. The highest BCUT2D eigenvalue weighted by atomic mass is 32.2. The highest BCUT2D eigenvalue weighted by Crippen LogP contribution is 2.53. The molecule has 1 fully saturated rings. The summed E-state index contributed by atoms with van der Waals surface area (Å²) in [6.45, 7) is 4.09. The van der Waals surface area contributed by atoms with Gasteiger partial charge in [-0.05, 0) is 61.3 Å². The van der Waals surface area contributed by atoms with Gasteiger partial charge in [0.2, 0.25) is 0 Å². The van der Waals surface area contributed by atoms with Crippen LogP contribution in [0.25, 0.3) is 0 Å². The lowest BCUT2D eigenvalue weighted by Gasteiger charge is -2.34. The fraction of sp³-hybridized carbons (Fsp3) is 0.333. The summed E-state index contributed by atoms with van der Waals surface area (Å²) in [7, 11) is 0. The molecule has 0 aliphatic carbocycles. The Balaban J connectivity index is 1.31. The van der Waals surface area contributed by atoms with E-state index in [4.69, 9.17) is 9.47 Å². The number of phenolic OH excluding ortho intramolecular Hbond substituents is 1. The number of thioether (sulfide) groups is 1. The summed E-state index contributed by atoms with van der Waals surface area (Å²) >= 11 is 1.78. The molecule has 1 saturated heterocycles. The Kier molecular flexibility index (Phi) is 6.56. The second kappa shape index (κ2) is 9.88. The zero-order chi connectivity index (χ0) is 21.8. The molecule has 5 rings (SSSR count). The Morgan fingerprint density at radius 3 is 2.47 bits per heavy atom. The van der Waals surface area contributed by atoms with Gasteiger partial charge in [0.15, 0.2) is 0 Å². The molecule has 1 N–H and O–H groups in total. The van der Waals surface area contributed by atoms with E-state index in [1.165, 1.54) is 37.9 Å². The van der Waals surface area contributed by atoms with Crippen molar-refractivity contribution in [2.24, 2.45) is 0 Å². The molecule has 0 radical (unpaired) electrons. The van der Waals surface area contributed by atoms with Crippen LogP contribution in [-0.4, -0.2) is 36.2 Å². The molecule has 2 aliphatic heterocycles. The molecule has 0 spiro atoms. The van der Waals surface area contributed by atoms with Gasteiger partial charge in [-0.25, -0.2) is 0 Å². The van der Waals surface area contributed by atoms with Gasteiger partial charge in [-0.3, -0.25) is 4.90 Å². The quantitative estimate of drug-likeness (QED) is 0.486. The number of phenols is 1. The third-order valence-electron chi connectivity index (χ3n) is 6.17. The molecule has 166 valence electrons. The summed E-state index contributed by atoms with van der Waals surface area (Å²) in [5.74, 6) is 1.84. The van der Waals surface area contributed by atoms with Gasteiger partial charge in [0.05, 0.1) is 10.1 Å². The first-order valence-corrected chi connectivity index (χ1v) is 12.3. The number of hydrogen-bond donors (Lipinski definition) is 1. The van der Waals surface area contributed by atoms with Crippen molar-refractivity contribution >= 4 is 11.8 Å². The van der Waals surface area contributed by atoms with Crippen molar-refractivity contribution in [1.82, 2.24) is 4.90 Å². The van der Waals surface area contributed by atoms with Crippen molar-refractivity contribution < 1.29 is 14.6 Å². The van der Waals surface area contributed by atoms with Crippen molar-refractivity contribution in [1.29, 1.82) is 0 Å². The molecule has 32 heavy (non-hydrogen) atoms. The van der Waals surface area contributed by atoms with Crippen molar-refractivity contribution in [2.75, 3.05) is 26.2 Å². The van der Waals surface area contributed by atoms with Gasteiger partial charge in [0.1, 0.15) is 30.0 Å². The van der Waals surface area contributed by atoms with Crippen LogP contribution >= 0.6 is 11.8 Å². The van der Waals surface area contributed by atoms with Crippen LogP contribution in [0.1, 0.15) is 41.7 Å². The fourth-order valence-electron chi connectivity index (χ4n) is 4.44. The Bertz CT molecular complexity index is 1020. The Morgan fingerprint density at radius 1 is 0.906 bits per heavy atom. The molecular weight excluding hydrogens is 418 g/mol. The lowest BCUT2D eigenvalue weighted by molar-refractivity contribution is 0.182. The standard InChI is InChI=1S/C27H29NO3S/c29-22-11-14-25-24(19-22)31-26(27(32-25)21-7-3-1-4-8-21)20-9-12-23(13-10-20)30-18-17-28-15-5-2-6-16-28/h1,3-4,7-14,19,26-27,29H,2,5-6,15-18H2/t26-,27+/m1/s1. The number of nitrogens with zero attached hydrogens (tertiary/aromatic N) is 1. The van der Waals surface area contributed by atoms with Crippen LogP contribution in [-0.2, 0) is 0 Å². The molecule has 0 unspecified atom stereocenters. The molecule has 3 aromatic carbocycles. The summed E-state index contributed by atoms with van der Waals surface area (Å²) in [6, 6.07) is 24.1. The number of hydrogen-bond acceptors (Lipinski definition) is 5. The smallest absolute Gasteiger partial charge is 0.140 e. The average molecular weight is 448 g/mol. The zero-order valence-corrected chi connectivity index (χ0v) is 19.0. The van der Waals surface area contributed by atoms with E-state index < -0.39 is 0 Å². The third-order valence-corrected chi connectivity index (χ3v) is 7.54. The highest BCUT2D eigenvalue weighted by molar-refractivity contribution is 7.99. The molecule has 2 aliphatic rings. The van der Waals surface area contributed by atoms with Crippen LogP contribution in [0, 0.1) is 0 Å². The lowest BCUT2D eigenvalue weighted by atomic mass is 10.00. The molecule has 2 heterocycles. The number of piperidine rings is 1. The second-order valence-corrected chi connectivity index (χ2v) is 9.62. The van der Waals surface area contributed by atoms with Crippen molar-refractivity contribution in [3.8, 4) is 17.2 Å². The molecule has 3 aromatic rings. The maximum Gasteiger partial charge on any atom is 0.140 e. The Morgan fingerprint density at radius 2 is 1.69 bits per heavy atom. The SMILES string of the molecule is Oc1ccc2c(c1)O[C@H](c1ccc(OCCN3CCCCC3)cc1)[C@H](c1ccccc1)S2. The first-order chi connectivity index (χ1) is 15.8. The monoisotopic (exact) mass is 447 g/mol. The highest BCUT2D eigenvalue weighted by Gasteiger charge is 2.33. The topological polar surface area (TPSA) is 41.9 Å². The normalized spacial score (nSPS) is 20.9. The van der Waals surface area contributed by atoms with Crippen LogP contribution in [0.5, 0.6) is 17.2 Å². The summed E-state index contributed by atoms with van der Waals surface area (Å²) in [6.07, 6.45) is 3.81. The minimum Gasteiger partial charge on any atom is -0.508 e. The Hall–Kier alpha value is -2.63. The van der Waals surface area contributed by atoms with Crippen molar-refractivity contribution in [3.05, 3.63) is 83.9 Å². The van der Waals surface area contributed by atoms with Crippen LogP contribution < -0.4 is 9.47 Å².